The predicted molar refractivity (Wildman–Crippen MR) is 58.5 cm³/mol. The number of hydrogen-bond donors (Lipinski definition) is 0. The first-order valence-electron chi connectivity index (χ1n) is 6.38. The highest BCUT2D eigenvalue weighted by Crippen LogP contribution is 2.39. The Balaban J connectivity index is 1.80. The largest absolute Gasteiger partial charge is 0.304 e. The van der Waals surface area contributed by atoms with Crippen LogP contribution in [0.4, 0.5) is 4.39 Å². The first-order valence-corrected chi connectivity index (χ1v) is 6.38. The molecule has 0 saturated heterocycles. The fraction of sp³-hybridized carbons (Fsp3) is 0.846. The van der Waals surface area contributed by atoms with E-state index in [1.807, 2.05) is 0 Å². The highest BCUT2D eigenvalue weighted by molar-refractivity contribution is 5.79. The molecule has 0 atom stereocenters. The fourth-order valence-electron chi connectivity index (χ4n) is 3.25. The highest BCUT2D eigenvalue weighted by atomic mass is 19.1. The van der Waals surface area contributed by atoms with E-state index in [0.717, 1.165) is 38.5 Å². The Kier molecular flexibility index (Phi) is 3.72. The van der Waals surface area contributed by atoms with Crippen LogP contribution in [-0.4, -0.2) is 11.8 Å². The van der Waals surface area contributed by atoms with E-state index in [9.17, 15) is 14.0 Å². The summed E-state index contributed by atoms with van der Waals surface area (Å²) in [4.78, 5) is 21.8. The Labute approximate surface area is 95.6 Å². The third-order valence-electron chi connectivity index (χ3n) is 4.35. The van der Waals surface area contributed by atoms with E-state index < -0.39 is 6.04 Å². The number of ketones is 1. The van der Waals surface area contributed by atoms with Gasteiger partial charge in [0.1, 0.15) is 5.78 Å². The Morgan fingerprint density at radius 3 is 1.94 bits per heavy atom. The predicted octanol–water partition coefficient (Wildman–Crippen LogP) is 3.05. The number of rotatable bonds is 2. The molecule has 0 N–H and O–H groups in total. The number of carbonyl (C=O) groups excluding carboxylic acids is 2. The summed E-state index contributed by atoms with van der Waals surface area (Å²) in [5, 5.41) is 0. The van der Waals surface area contributed by atoms with Crippen molar-refractivity contribution in [3.8, 4) is 0 Å². The molecular formula is C13H19FO2. The molecule has 2 saturated carbocycles. The van der Waals surface area contributed by atoms with Crippen molar-refractivity contribution in [2.75, 3.05) is 0 Å². The van der Waals surface area contributed by atoms with E-state index in [1.54, 1.807) is 0 Å². The second kappa shape index (κ2) is 5.07. The minimum Gasteiger partial charge on any atom is -0.300 e. The van der Waals surface area contributed by atoms with E-state index in [4.69, 9.17) is 0 Å². The van der Waals surface area contributed by atoms with Crippen molar-refractivity contribution >= 4 is 11.8 Å². The van der Waals surface area contributed by atoms with Gasteiger partial charge in [-0.15, -0.1) is 0 Å². The van der Waals surface area contributed by atoms with Crippen LogP contribution in [0.5, 0.6) is 0 Å². The molecule has 0 aromatic rings. The van der Waals surface area contributed by atoms with Crippen molar-refractivity contribution in [1.82, 2.24) is 0 Å². The molecule has 0 spiro atoms. The van der Waals surface area contributed by atoms with Gasteiger partial charge < -0.3 is 0 Å². The van der Waals surface area contributed by atoms with Crippen molar-refractivity contribution in [3.63, 3.8) is 0 Å². The molecule has 2 fully saturated rings. The van der Waals surface area contributed by atoms with E-state index in [0.29, 0.717) is 30.5 Å². The maximum absolute atomic E-state index is 12.5. The Morgan fingerprint density at radius 1 is 0.938 bits per heavy atom. The summed E-state index contributed by atoms with van der Waals surface area (Å²) >= 11 is 0. The molecule has 0 radical (unpaired) electrons. The van der Waals surface area contributed by atoms with Gasteiger partial charge in [0.05, 0.1) is 0 Å². The van der Waals surface area contributed by atoms with Gasteiger partial charge in [-0.1, -0.05) is 0 Å². The lowest BCUT2D eigenvalue weighted by molar-refractivity contribution is -0.135. The first kappa shape index (κ1) is 11.7. The number of carbonyl (C=O) groups is 2. The van der Waals surface area contributed by atoms with Crippen molar-refractivity contribution in [1.29, 1.82) is 0 Å². The van der Waals surface area contributed by atoms with Gasteiger partial charge in [0.15, 0.2) is 0 Å². The smallest absolute Gasteiger partial charge is 0.300 e. The third-order valence-corrected chi connectivity index (χ3v) is 4.35. The molecule has 0 unspecified atom stereocenters. The van der Waals surface area contributed by atoms with Gasteiger partial charge in [-0.3, -0.25) is 9.59 Å². The van der Waals surface area contributed by atoms with Crippen LogP contribution in [0.3, 0.4) is 0 Å². The summed E-state index contributed by atoms with van der Waals surface area (Å²) in [6.07, 6.45) is 6.85. The van der Waals surface area contributed by atoms with Crippen LogP contribution < -0.4 is 0 Å². The van der Waals surface area contributed by atoms with Crippen molar-refractivity contribution < 1.29 is 14.0 Å². The lowest BCUT2D eigenvalue weighted by atomic mass is 9.71. The molecule has 0 aliphatic heterocycles. The molecule has 2 aliphatic carbocycles. The minimum atomic E-state index is -1.13. The van der Waals surface area contributed by atoms with E-state index in [1.165, 1.54) is 0 Å². The topological polar surface area (TPSA) is 34.1 Å². The summed E-state index contributed by atoms with van der Waals surface area (Å²) in [6, 6.07) is -1.13. The number of halogens is 1. The van der Waals surface area contributed by atoms with Crippen LogP contribution in [0.2, 0.25) is 0 Å². The van der Waals surface area contributed by atoms with E-state index >= 15 is 0 Å². The summed E-state index contributed by atoms with van der Waals surface area (Å²) < 4.78 is 12.5. The van der Waals surface area contributed by atoms with E-state index in [-0.39, 0.29) is 5.92 Å². The van der Waals surface area contributed by atoms with Crippen LogP contribution in [0.15, 0.2) is 0 Å². The highest BCUT2D eigenvalue weighted by Gasteiger charge is 2.32. The standard InChI is InChI=1S/C13H19FO2/c14-13(16)11-3-1-9(2-4-11)10-5-7-12(15)8-6-10/h9-11H,1-8H2. The van der Waals surface area contributed by atoms with Gasteiger partial charge >= 0.3 is 6.04 Å². The zero-order valence-corrected chi connectivity index (χ0v) is 9.58. The number of Topliss-reactive ketones (excluding diaryl/α,β-unsaturated/α-hetero) is 1. The van der Waals surface area contributed by atoms with Gasteiger partial charge in [-0.25, -0.2) is 0 Å². The quantitative estimate of drug-likeness (QED) is 0.678. The molecule has 90 valence electrons. The Bertz CT molecular complexity index is 270. The molecule has 0 aromatic carbocycles. The molecule has 3 heteroatoms. The van der Waals surface area contributed by atoms with Crippen LogP contribution in [0.1, 0.15) is 51.4 Å². The molecule has 0 heterocycles. The fourth-order valence-corrected chi connectivity index (χ4v) is 3.25. The molecule has 2 aliphatic rings. The molecule has 0 bridgehead atoms. The molecule has 16 heavy (non-hydrogen) atoms. The maximum atomic E-state index is 12.5. The van der Waals surface area contributed by atoms with Crippen LogP contribution in [0, 0.1) is 17.8 Å². The molecular weight excluding hydrogens is 207 g/mol. The lowest BCUT2D eigenvalue weighted by Crippen LogP contribution is -2.27. The maximum Gasteiger partial charge on any atom is 0.304 e. The Hall–Kier alpha value is -0.730. The van der Waals surface area contributed by atoms with Crippen LogP contribution >= 0.6 is 0 Å². The lowest BCUT2D eigenvalue weighted by Gasteiger charge is -2.34. The average molecular weight is 226 g/mol. The third kappa shape index (κ3) is 2.69. The average Bonchev–Trinajstić information content (AvgIpc) is 2.30. The first-order chi connectivity index (χ1) is 7.66. The van der Waals surface area contributed by atoms with Gasteiger partial charge in [0.2, 0.25) is 0 Å². The monoisotopic (exact) mass is 226 g/mol. The Morgan fingerprint density at radius 2 is 1.44 bits per heavy atom. The van der Waals surface area contributed by atoms with Crippen molar-refractivity contribution in [2.45, 2.75) is 51.4 Å². The van der Waals surface area contributed by atoms with E-state index in [2.05, 4.69) is 0 Å². The van der Waals surface area contributed by atoms with Crippen LogP contribution in [0.25, 0.3) is 0 Å². The summed E-state index contributed by atoms with van der Waals surface area (Å²) in [5.74, 6) is 1.34. The van der Waals surface area contributed by atoms with Crippen molar-refractivity contribution in [3.05, 3.63) is 0 Å². The summed E-state index contributed by atoms with van der Waals surface area (Å²) in [7, 11) is 0. The summed E-state index contributed by atoms with van der Waals surface area (Å²) in [6.45, 7) is 0. The van der Waals surface area contributed by atoms with Gasteiger partial charge in [0.25, 0.3) is 0 Å². The molecule has 0 aromatic heterocycles. The normalized spacial score (nSPS) is 32.7. The molecule has 2 rings (SSSR count). The SMILES string of the molecule is O=C1CCC(C2CCC(C(=O)F)CC2)CC1. The molecule has 0 amide bonds. The van der Waals surface area contributed by atoms with Gasteiger partial charge in [-0.2, -0.15) is 4.39 Å². The van der Waals surface area contributed by atoms with Crippen LogP contribution in [-0.2, 0) is 9.59 Å². The van der Waals surface area contributed by atoms with Gasteiger partial charge in [0, 0.05) is 18.8 Å². The second-order valence-electron chi connectivity index (χ2n) is 5.29. The van der Waals surface area contributed by atoms with Crippen molar-refractivity contribution in [2.24, 2.45) is 17.8 Å². The van der Waals surface area contributed by atoms with Gasteiger partial charge in [-0.05, 0) is 50.4 Å². The minimum absolute atomic E-state index is 0.332. The zero-order valence-electron chi connectivity index (χ0n) is 9.58. The molecule has 2 nitrogen and oxygen atoms in total. The zero-order chi connectivity index (χ0) is 11.5. The second-order valence-corrected chi connectivity index (χ2v) is 5.29. The summed E-state index contributed by atoms with van der Waals surface area (Å²) in [5.41, 5.74) is 0. The number of hydrogen-bond acceptors (Lipinski definition) is 2.